The highest BCUT2D eigenvalue weighted by molar-refractivity contribution is 14.1. The molecule has 0 saturated heterocycles. The number of rotatable bonds is 4. The summed E-state index contributed by atoms with van der Waals surface area (Å²) in [7, 11) is 0. The van der Waals surface area contributed by atoms with E-state index in [4.69, 9.17) is 5.73 Å². The van der Waals surface area contributed by atoms with Gasteiger partial charge in [-0.3, -0.25) is 0 Å². The van der Waals surface area contributed by atoms with E-state index in [2.05, 4.69) is 66.7 Å². The Hall–Kier alpha value is -0.690. The first-order valence-electron chi connectivity index (χ1n) is 5.66. The van der Waals surface area contributed by atoms with Crippen molar-refractivity contribution >= 4 is 44.3 Å². The number of nitrogens with zero attached hydrogens (tertiary/aromatic N) is 2. The maximum absolute atomic E-state index is 5.86. The van der Waals surface area contributed by atoms with Gasteiger partial charge < -0.3 is 5.73 Å². The van der Waals surface area contributed by atoms with Gasteiger partial charge in [0.15, 0.2) is 0 Å². The van der Waals surface area contributed by atoms with Crippen LogP contribution in [0.3, 0.4) is 0 Å². The maximum atomic E-state index is 5.86. The van der Waals surface area contributed by atoms with Gasteiger partial charge in [-0.1, -0.05) is 28.1 Å². The number of aromatic nitrogens is 2. The summed E-state index contributed by atoms with van der Waals surface area (Å²) in [4.78, 5) is 8.20. The van der Waals surface area contributed by atoms with Gasteiger partial charge in [0.1, 0.15) is 15.8 Å². The van der Waals surface area contributed by atoms with Crippen molar-refractivity contribution in [2.45, 2.75) is 19.3 Å². The van der Waals surface area contributed by atoms with Crippen LogP contribution in [0.15, 0.2) is 35.1 Å². The van der Waals surface area contributed by atoms with Gasteiger partial charge in [0, 0.05) is 10.0 Å². The number of benzene rings is 1. The Labute approximate surface area is 128 Å². The molecule has 0 amide bonds. The quantitative estimate of drug-likeness (QED) is 0.610. The van der Waals surface area contributed by atoms with Crippen LogP contribution in [0.1, 0.15) is 17.5 Å². The van der Waals surface area contributed by atoms with Crippen LogP contribution in [0.5, 0.6) is 0 Å². The van der Waals surface area contributed by atoms with Crippen molar-refractivity contribution in [3.05, 3.63) is 49.9 Å². The summed E-state index contributed by atoms with van der Waals surface area (Å²) in [5, 5.41) is 0. The number of nitrogens with two attached hydrogens (primary N) is 1. The van der Waals surface area contributed by atoms with E-state index in [1.165, 1.54) is 11.9 Å². The first-order chi connectivity index (χ1) is 8.66. The maximum Gasteiger partial charge on any atom is 0.131 e. The van der Waals surface area contributed by atoms with Crippen molar-refractivity contribution in [2.75, 3.05) is 5.73 Å². The van der Waals surface area contributed by atoms with Crippen molar-refractivity contribution < 1.29 is 0 Å². The summed E-state index contributed by atoms with van der Waals surface area (Å²) in [6.45, 7) is 0. The molecule has 0 unspecified atom stereocenters. The van der Waals surface area contributed by atoms with Crippen LogP contribution in [0.2, 0.25) is 0 Å². The molecule has 1 aromatic carbocycles. The zero-order chi connectivity index (χ0) is 13.0. The van der Waals surface area contributed by atoms with Gasteiger partial charge in [0.25, 0.3) is 0 Å². The van der Waals surface area contributed by atoms with Crippen LogP contribution in [-0.2, 0) is 12.8 Å². The Morgan fingerprint density at radius 2 is 2.06 bits per heavy atom. The van der Waals surface area contributed by atoms with E-state index in [1.54, 1.807) is 0 Å². The van der Waals surface area contributed by atoms with Gasteiger partial charge in [-0.25, -0.2) is 9.97 Å². The van der Waals surface area contributed by atoms with E-state index in [0.717, 1.165) is 33.0 Å². The molecule has 2 rings (SSSR count). The minimum atomic E-state index is 0.601. The zero-order valence-electron chi connectivity index (χ0n) is 9.74. The molecule has 18 heavy (non-hydrogen) atoms. The molecule has 1 heterocycles. The second-order valence-corrected chi connectivity index (χ2v) is 5.95. The lowest BCUT2D eigenvalue weighted by Crippen LogP contribution is -2.03. The number of halogens is 2. The predicted molar refractivity (Wildman–Crippen MR) is 85.3 cm³/mol. The highest BCUT2D eigenvalue weighted by Gasteiger charge is 2.06. The molecule has 2 aromatic rings. The molecule has 0 aliphatic heterocycles. The fourth-order valence-corrected chi connectivity index (χ4v) is 2.91. The van der Waals surface area contributed by atoms with Crippen LogP contribution in [0, 0.1) is 3.70 Å². The van der Waals surface area contributed by atoms with Gasteiger partial charge in [0.05, 0.1) is 0 Å². The van der Waals surface area contributed by atoms with Crippen molar-refractivity contribution in [1.82, 2.24) is 9.97 Å². The van der Waals surface area contributed by atoms with Crippen molar-refractivity contribution in [3.8, 4) is 0 Å². The van der Waals surface area contributed by atoms with Crippen LogP contribution >= 0.6 is 38.5 Å². The predicted octanol–water partition coefficient (Wildman–Crippen LogP) is 3.60. The van der Waals surface area contributed by atoms with Crippen LogP contribution in [-0.4, -0.2) is 9.97 Å². The molecule has 1 aromatic heterocycles. The average Bonchev–Trinajstić information content (AvgIpc) is 2.33. The third kappa shape index (κ3) is 3.65. The smallest absolute Gasteiger partial charge is 0.131 e. The summed E-state index contributed by atoms with van der Waals surface area (Å²) < 4.78 is 2.08. The Morgan fingerprint density at radius 1 is 1.22 bits per heavy atom. The molecule has 94 valence electrons. The van der Waals surface area contributed by atoms with E-state index < -0.39 is 0 Å². The Bertz CT molecular complexity index is 525. The van der Waals surface area contributed by atoms with Gasteiger partial charge in [-0.2, -0.15) is 0 Å². The van der Waals surface area contributed by atoms with Crippen molar-refractivity contribution in [1.29, 1.82) is 0 Å². The molecule has 0 saturated carbocycles. The third-order valence-corrected chi connectivity index (χ3v) is 4.13. The Balaban J connectivity index is 1.97. The first-order valence-corrected chi connectivity index (χ1v) is 7.53. The van der Waals surface area contributed by atoms with Gasteiger partial charge >= 0.3 is 0 Å². The van der Waals surface area contributed by atoms with Gasteiger partial charge in [-0.15, -0.1) is 0 Å². The normalized spacial score (nSPS) is 10.6. The summed E-state index contributed by atoms with van der Waals surface area (Å²) >= 11 is 5.69. The monoisotopic (exact) mass is 417 g/mol. The lowest BCUT2D eigenvalue weighted by atomic mass is 10.1. The molecule has 0 spiro atoms. The minimum absolute atomic E-state index is 0.601. The fourth-order valence-electron chi connectivity index (χ4n) is 1.80. The minimum Gasteiger partial charge on any atom is -0.383 e. The van der Waals surface area contributed by atoms with Crippen molar-refractivity contribution in [3.63, 3.8) is 0 Å². The number of anilines is 1. The summed E-state index contributed by atoms with van der Waals surface area (Å²) in [5.74, 6) is 0.601. The molecular formula is C13H13BrIN3. The molecular weight excluding hydrogens is 405 g/mol. The van der Waals surface area contributed by atoms with E-state index >= 15 is 0 Å². The fraction of sp³-hybridized carbons (Fsp3) is 0.231. The summed E-state index contributed by atoms with van der Waals surface area (Å²) in [5.41, 5.74) is 8.25. The molecule has 3 nitrogen and oxygen atoms in total. The molecule has 0 aliphatic carbocycles. The standard InChI is InChI=1S/C13H13BrIN3/c14-10-5-1-3-9(7-10)4-2-6-11-12(15)17-8-18-13(11)16/h1,3,5,7-8H,2,4,6H2,(H2,16,17,18). The summed E-state index contributed by atoms with van der Waals surface area (Å²) in [6, 6.07) is 8.38. The van der Waals surface area contributed by atoms with E-state index in [1.807, 2.05) is 6.07 Å². The van der Waals surface area contributed by atoms with E-state index in [-0.39, 0.29) is 0 Å². The number of aryl methyl sites for hydroxylation is 1. The highest BCUT2D eigenvalue weighted by Crippen LogP contribution is 2.18. The number of nitrogen functional groups attached to an aromatic ring is 1. The zero-order valence-corrected chi connectivity index (χ0v) is 13.5. The Morgan fingerprint density at radius 3 is 2.78 bits per heavy atom. The average molecular weight is 418 g/mol. The SMILES string of the molecule is Nc1ncnc(I)c1CCCc1cccc(Br)c1. The Kier molecular flexibility index (Phi) is 4.94. The second kappa shape index (κ2) is 6.47. The molecule has 0 aliphatic rings. The lowest BCUT2D eigenvalue weighted by molar-refractivity contribution is 0.808. The van der Waals surface area contributed by atoms with Crippen LogP contribution in [0.4, 0.5) is 5.82 Å². The largest absolute Gasteiger partial charge is 0.383 e. The highest BCUT2D eigenvalue weighted by atomic mass is 127. The van der Waals surface area contributed by atoms with Crippen molar-refractivity contribution in [2.24, 2.45) is 0 Å². The molecule has 5 heteroatoms. The van der Waals surface area contributed by atoms with E-state index in [9.17, 15) is 0 Å². The molecule has 2 N–H and O–H groups in total. The lowest BCUT2D eigenvalue weighted by Gasteiger charge is -2.06. The van der Waals surface area contributed by atoms with Crippen LogP contribution in [0.25, 0.3) is 0 Å². The van der Waals surface area contributed by atoms with Crippen LogP contribution < -0.4 is 5.73 Å². The number of hydrogen-bond donors (Lipinski definition) is 1. The molecule has 0 fully saturated rings. The molecule has 0 bridgehead atoms. The first kappa shape index (κ1) is 13.7. The topological polar surface area (TPSA) is 51.8 Å². The number of hydrogen-bond acceptors (Lipinski definition) is 3. The van der Waals surface area contributed by atoms with Gasteiger partial charge in [0.2, 0.25) is 0 Å². The van der Waals surface area contributed by atoms with E-state index in [0.29, 0.717) is 5.82 Å². The third-order valence-electron chi connectivity index (χ3n) is 2.71. The second-order valence-electron chi connectivity index (χ2n) is 4.01. The van der Waals surface area contributed by atoms with Gasteiger partial charge in [-0.05, 0) is 59.5 Å². The molecule has 0 atom stereocenters. The molecule has 0 radical (unpaired) electrons. The summed E-state index contributed by atoms with van der Waals surface area (Å²) in [6.07, 6.45) is 4.50.